The van der Waals surface area contributed by atoms with Crippen molar-refractivity contribution in [2.24, 2.45) is 5.73 Å². The topological polar surface area (TPSA) is 89.3 Å². The summed E-state index contributed by atoms with van der Waals surface area (Å²) in [6.07, 6.45) is 4.86. The molecule has 0 radical (unpaired) electrons. The fourth-order valence-electron chi connectivity index (χ4n) is 5.39. The number of primary amides is 1. The van der Waals surface area contributed by atoms with Crippen LogP contribution < -0.4 is 20.4 Å². The average molecular weight is 404 g/mol. The standard InChI is InChI=1S/C21H27FN4O3/c22-15-4-6-16(7-5-15)26-18(27)14-17(19(26)28)24-12-8-21(9-13-24,20(23)29)25-10-2-1-3-11-25/h4-7,17H,1-3,8-14H2,(H2,23,29)/p+2/t17-/m0/s1. The highest BCUT2D eigenvalue weighted by Gasteiger charge is 2.54. The lowest BCUT2D eigenvalue weighted by molar-refractivity contribution is -0.978. The minimum atomic E-state index is -0.549. The third kappa shape index (κ3) is 3.55. The maximum absolute atomic E-state index is 13.2. The van der Waals surface area contributed by atoms with Gasteiger partial charge in [0.2, 0.25) is 5.91 Å². The fraction of sp³-hybridized carbons (Fsp3) is 0.571. The summed E-state index contributed by atoms with van der Waals surface area (Å²) in [7, 11) is 0. The van der Waals surface area contributed by atoms with Crippen LogP contribution in [0.3, 0.4) is 0 Å². The molecule has 156 valence electrons. The SMILES string of the molecule is NC(=O)C1([NH+]2CCCCC2)CC[NH+]([C@H]2CC(=O)N(c3ccc(F)cc3)C2=O)CC1. The Morgan fingerprint density at radius 2 is 1.66 bits per heavy atom. The van der Waals surface area contributed by atoms with E-state index in [9.17, 15) is 18.8 Å². The highest BCUT2D eigenvalue weighted by Crippen LogP contribution is 2.23. The van der Waals surface area contributed by atoms with Gasteiger partial charge in [-0.05, 0) is 43.5 Å². The van der Waals surface area contributed by atoms with Gasteiger partial charge in [-0.1, -0.05) is 0 Å². The first kappa shape index (κ1) is 20.0. The number of nitrogens with one attached hydrogen (secondary N) is 2. The van der Waals surface area contributed by atoms with Crippen LogP contribution in [-0.4, -0.2) is 55.5 Å². The number of quaternary nitrogens is 2. The maximum Gasteiger partial charge on any atom is 0.292 e. The molecule has 8 heteroatoms. The van der Waals surface area contributed by atoms with Gasteiger partial charge in [0.1, 0.15) is 5.82 Å². The largest absolute Gasteiger partial charge is 0.364 e. The van der Waals surface area contributed by atoms with Gasteiger partial charge in [-0.25, -0.2) is 9.29 Å². The van der Waals surface area contributed by atoms with Gasteiger partial charge in [0, 0.05) is 0 Å². The molecule has 3 aliphatic heterocycles. The summed E-state index contributed by atoms with van der Waals surface area (Å²) in [5.74, 6) is -1.15. The van der Waals surface area contributed by atoms with E-state index < -0.39 is 17.4 Å². The summed E-state index contributed by atoms with van der Waals surface area (Å²) in [6.45, 7) is 3.23. The van der Waals surface area contributed by atoms with Gasteiger partial charge in [0.05, 0.1) is 51.1 Å². The normalized spacial score (nSPS) is 31.3. The van der Waals surface area contributed by atoms with Gasteiger partial charge in [-0.3, -0.25) is 14.4 Å². The van der Waals surface area contributed by atoms with E-state index in [1.807, 2.05) is 0 Å². The summed E-state index contributed by atoms with van der Waals surface area (Å²) in [5, 5.41) is 0. The van der Waals surface area contributed by atoms with Gasteiger partial charge < -0.3 is 15.5 Å². The molecule has 0 aliphatic carbocycles. The van der Waals surface area contributed by atoms with Gasteiger partial charge in [0.25, 0.3) is 11.8 Å². The van der Waals surface area contributed by atoms with Gasteiger partial charge >= 0.3 is 0 Å². The molecule has 1 aromatic carbocycles. The predicted molar refractivity (Wildman–Crippen MR) is 104 cm³/mol. The summed E-state index contributed by atoms with van der Waals surface area (Å²) in [5.41, 5.74) is 5.72. The second kappa shape index (κ2) is 7.84. The Labute approximate surface area is 169 Å². The zero-order valence-electron chi connectivity index (χ0n) is 16.6. The van der Waals surface area contributed by atoms with Crippen molar-refractivity contribution >= 4 is 23.4 Å². The highest BCUT2D eigenvalue weighted by atomic mass is 19.1. The molecule has 1 atom stereocenters. The number of hydrogen-bond acceptors (Lipinski definition) is 3. The number of carbonyl (C=O) groups excluding carboxylic acids is 3. The third-order valence-corrected chi connectivity index (χ3v) is 7.08. The molecule has 0 bridgehead atoms. The van der Waals surface area contributed by atoms with E-state index in [1.165, 1.54) is 40.5 Å². The molecule has 7 nitrogen and oxygen atoms in total. The van der Waals surface area contributed by atoms with Crippen molar-refractivity contribution in [2.45, 2.75) is 50.1 Å². The molecule has 0 spiro atoms. The smallest absolute Gasteiger partial charge is 0.292 e. The lowest BCUT2D eigenvalue weighted by Crippen LogP contribution is -3.27. The number of rotatable bonds is 4. The first-order chi connectivity index (χ1) is 13.9. The van der Waals surface area contributed by atoms with Crippen LogP contribution in [0.5, 0.6) is 0 Å². The number of likely N-dealkylation sites (tertiary alicyclic amines) is 2. The van der Waals surface area contributed by atoms with E-state index in [-0.39, 0.29) is 24.1 Å². The molecule has 0 saturated carbocycles. The van der Waals surface area contributed by atoms with Crippen LogP contribution in [0.25, 0.3) is 0 Å². The number of anilines is 1. The number of piperidine rings is 2. The second-order valence-corrected chi connectivity index (χ2v) is 8.57. The van der Waals surface area contributed by atoms with Crippen LogP contribution in [0.2, 0.25) is 0 Å². The molecule has 3 fully saturated rings. The summed E-state index contributed by atoms with van der Waals surface area (Å²) in [4.78, 5) is 41.4. The predicted octanol–water partition coefficient (Wildman–Crippen LogP) is -1.57. The lowest BCUT2D eigenvalue weighted by Gasteiger charge is -2.44. The molecular weight excluding hydrogens is 375 g/mol. The number of hydrogen-bond donors (Lipinski definition) is 3. The van der Waals surface area contributed by atoms with E-state index in [4.69, 9.17) is 5.73 Å². The molecule has 1 aromatic rings. The number of carbonyl (C=O) groups is 3. The van der Waals surface area contributed by atoms with Crippen molar-refractivity contribution in [3.05, 3.63) is 30.1 Å². The molecule has 3 amide bonds. The van der Waals surface area contributed by atoms with Gasteiger partial charge in [0.15, 0.2) is 11.6 Å². The lowest BCUT2D eigenvalue weighted by atomic mass is 9.83. The Balaban J connectivity index is 1.47. The zero-order valence-corrected chi connectivity index (χ0v) is 16.6. The van der Waals surface area contributed by atoms with Crippen LogP contribution in [0.15, 0.2) is 24.3 Å². The molecular formula is C21H29FN4O3+2. The number of amides is 3. The second-order valence-electron chi connectivity index (χ2n) is 8.57. The Kier molecular flexibility index (Phi) is 5.40. The quantitative estimate of drug-likeness (QED) is 0.530. The molecule has 0 aromatic heterocycles. The Bertz CT molecular complexity index is 799. The number of halogens is 1. The van der Waals surface area contributed by atoms with Crippen molar-refractivity contribution in [3.63, 3.8) is 0 Å². The van der Waals surface area contributed by atoms with E-state index in [1.54, 1.807) is 0 Å². The summed E-state index contributed by atoms with van der Waals surface area (Å²) < 4.78 is 13.2. The molecule has 3 heterocycles. The maximum atomic E-state index is 13.2. The number of nitrogens with two attached hydrogens (primary N) is 1. The van der Waals surface area contributed by atoms with E-state index in [0.717, 1.165) is 30.8 Å². The van der Waals surface area contributed by atoms with Crippen molar-refractivity contribution in [1.82, 2.24) is 0 Å². The molecule has 0 unspecified atom stereocenters. The van der Waals surface area contributed by atoms with Gasteiger partial charge in [-0.2, -0.15) is 0 Å². The van der Waals surface area contributed by atoms with Crippen molar-refractivity contribution < 1.29 is 28.6 Å². The van der Waals surface area contributed by atoms with E-state index in [2.05, 4.69) is 0 Å². The summed E-state index contributed by atoms with van der Waals surface area (Å²) in [6, 6.07) is 4.96. The minimum absolute atomic E-state index is 0.145. The van der Waals surface area contributed by atoms with Crippen molar-refractivity contribution in [3.8, 4) is 0 Å². The molecule has 3 aliphatic rings. The Hall–Kier alpha value is -2.32. The molecule has 29 heavy (non-hydrogen) atoms. The fourth-order valence-corrected chi connectivity index (χ4v) is 5.39. The van der Waals surface area contributed by atoms with E-state index in [0.29, 0.717) is 31.6 Å². The van der Waals surface area contributed by atoms with Crippen LogP contribution in [-0.2, 0) is 14.4 Å². The molecule has 4 rings (SSSR count). The molecule has 3 saturated heterocycles. The average Bonchev–Trinajstić information content (AvgIpc) is 3.03. The number of imide groups is 1. The Morgan fingerprint density at radius 3 is 2.24 bits per heavy atom. The van der Waals surface area contributed by atoms with E-state index >= 15 is 0 Å². The first-order valence-electron chi connectivity index (χ1n) is 10.5. The van der Waals surface area contributed by atoms with Gasteiger partial charge in [-0.15, -0.1) is 0 Å². The number of benzene rings is 1. The van der Waals surface area contributed by atoms with Crippen molar-refractivity contribution in [2.75, 3.05) is 31.1 Å². The molecule has 4 N–H and O–H groups in total. The van der Waals surface area contributed by atoms with Crippen LogP contribution >= 0.6 is 0 Å². The zero-order chi connectivity index (χ0) is 20.6. The minimum Gasteiger partial charge on any atom is -0.364 e. The summed E-state index contributed by atoms with van der Waals surface area (Å²) >= 11 is 0. The monoisotopic (exact) mass is 404 g/mol. The third-order valence-electron chi connectivity index (χ3n) is 7.08. The highest BCUT2D eigenvalue weighted by molar-refractivity contribution is 6.21. The Morgan fingerprint density at radius 1 is 1.03 bits per heavy atom. The van der Waals surface area contributed by atoms with Crippen LogP contribution in [0, 0.1) is 5.82 Å². The van der Waals surface area contributed by atoms with Crippen LogP contribution in [0.4, 0.5) is 10.1 Å². The van der Waals surface area contributed by atoms with Crippen molar-refractivity contribution in [1.29, 1.82) is 0 Å². The first-order valence-corrected chi connectivity index (χ1v) is 10.5. The van der Waals surface area contributed by atoms with Crippen LogP contribution in [0.1, 0.15) is 38.5 Å². The number of nitrogens with zero attached hydrogens (tertiary/aromatic N) is 1.